The van der Waals surface area contributed by atoms with Gasteiger partial charge in [0.15, 0.2) is 11.5 Å². The Morgan fingerprint density at radius 1 is 1.25 bits per heavy atom. The lowest BCUT2D eigenvalue weighted by Crippen LogP contribution is -2.26. The third-order valence-corrected chi connectivity index (χ3v) is 4.04. The molecule has 0 saturated heterocycles. The van der Waals surface area contributed by atoms with Crippen LogP contribution in [0.25, 0.3) is 0 Å². The highest BCUT2D eigenvalue weighted by molar-refractivity contribution is 6.32. The number of hydrogen-bond donors (Lipinski definition) is 0. The fraction of sp³-hybridized carbons (Fsp3) is 0.533. The molecule has 1 heterocycles. The van der Waals surface area contributed by atoms with Crippen molar-refractivity contribution in [2.24, 2.45) is 10.4 Å². The first-order valence-corrected chi connectivity index (χ1v) is 7.02. The third kappa shape index (κ3) is 2.30. The maximum Gasteiger partial charge on any atom is 0.235 e. The van der Waals surface area contributed by atoms with Crippen molar-refractivity contribution in [1.82, 2.24) is 0 Å². The number of hydrogen-bond acceptors (Lipinski definition) is 4. The van der Waals surface area contributed by atoms with E-state index in [2.05, 4.69) is 18.8 Å². The van der Waals surface area contributed by atoms with Gasteiger partial charge in [0.05, 0.1) is 23.8 Å². The summed E-state index contributed by atoms with van der Waals surface area (Å²) in [6.07, 6.45) is 3.33. The van der Waals surface area contributed by atoms with Crippen LogP contribution in [0.2, 0.25) is 5.02 Å². The number of ether oxygens (including phenoxy) is 2. The molecule has 2 aliphatic rings. The molecule has 1 aromatic rings. The molecule has 0 bridgehead atoms. The van der Waals surface area contributed by atoms with Gasteiger partial charge in [0.1, 0.15) is 0 Å². The number of benzene rings is 1. The zero-order chi connectivity index (χ0) is 14.4. The highest BCUT2D eigenvalue weighted by Crippen LogP contribution is 2.52. The molecule has 0 amide bonds. The standard InChI is InChI=1S/C15H16ClNO3/c1-14(2)7-19-12-6-10(15(3-4-15)17-9-18)5-11(16)13(12)20-8-14/h5-6H,3-4,7-8H2,1-2H3. The summed E-state index contributed by atoms with van der Waals surface area (Å²) >= 11 is 6.30. The molecule has 1 saturated carbocycles. The topological polar surface area (TPSA) is 47.9 Å². The van der Waals surface area contributed by atoms with E-state index in [9.17, 15) is 4.79 Å². The van der Waals surface area contributed by atoms with E-state index in [1.165, 1.54) is 0 Å². The summed E-state index contributed by atoms with van der Waals surface area (Å²) in [4.78, 5) is 14.5. The van der Waals surface area contributed by atoms with Crippen LogP contribution in [0.3, 0.4) is 0 Å². The molecule has 0 unspecified atom stereocenters. The van der Waals surface area contributed by atoms with Gasteiger partial charge in [-0.2, -0.15) is 4.99 Å². The largest absolute Gasteiger partial charge is 0.489 e. The number of aliphatic imine (C=N–C) groups is 1. The first kappa shape index (κ1) is 13.5. The molecule has 1 aromatic carbocycles. The number of halogens is 1. The summed E-state index contributed by atoms with van der Waals surface area (Å²) in [6.45, 7) is 5.26. The van der Waals surface area contributed by atoms with Gasteiger partial charge in [-0.05, 0) is 30.5 Å². The Bertz CT molecular complexity index is 601. The second kappa shape index (κ2) is 4.51. The highest BCUT2D eigenvalue weighted by atomic mass is 35.5. The smallest absolute Gasteiger partial charge is 0.235 e. The van der Waals surface area contributed by atoms with Gasteiger partial charge in [0.2, 0.25) is 6.08 Å². The maximum atomic E-state index is 10.6. The normalized spacial score (nSPS) is 21.6. The number of fused-ring (bicyclic) bond motifs is 1. The summed E-state index contributed by atoms with van der Waals surface area (Å²) in [7, 11) is 0. The molecule has 0 spiro atoms. The van der Waals surface area contributed by atoms with Crippen molar-refractivity contribution in [2.45, 2.75) is 32.2 Å². The molecular weight excluding hydrogens is 278 g/mol. The lowest BCUT2D eigenvalue weighted by atomic mass is 9.97. The predicted octanol–water partition coefficient (Wildman–Crippen LogP) is 3.46. The molecule has 3 rings (SSSR count). The summed E-state index contributed by atoms with van der Waals surface area (Å²) in [5.74, 6) is 1.21. The van der Waals surface area contributed by atoms with Gasteiger partial charge in [-0.1, -0.05) is 25.4 Å². The van der Waals surface area contributed by atoms with Gasteiger partial charge in [-0.3, -0.25) is 0 Å². The summed E-state index contributed by atoms with van der Waals surface area (Å²) < 4.78 is 11.6. The molecule has 1 aliphatic heterocycles. The minimum Gasteiger partial charge on any atom is -0.489 e. The van der Waals surface area contributed by atoms with Crippen molar-refractivity contribution in [3.8, 4) is 11.5 Å². The molecule has 1 fully saturated rings. The van der Waals surface area contributed by atoms with Crippen molar-refractivity contribution in [1.29, 1.82) is 0 Å². The van der Waals surface area contributed by atoms with Crippen molar-refractivity contribution in [2.75, 3.05) is 13.2 Å². The van der Waals surface area contributed by atoms with E-state index in [1.807, 2.05) is 12.1 Å². The van der Waals surface area contributed by atoms with E-state index in [0.717, 1.165) is 18.4 Å². The Morgan fingerprint density at radius 3 is 2.60 bits per heavy atom. The fourth-order valence-corrected chi connectivity index (χ4v) is 2.60. The van der Waals surface area contributed by atoms with Gasteiger partial charge in [0.25, 0.3) is 0 Å². The average molecular weight is 294 g/mol. The Morgan fingerprint density at radius 2 is 1.95 bits per heavy atom. The van der Waals surface area contributed by atoms with Crippen LogP contribution >= 0.6 is 11.6 Å². The van der Waals surface area contributed by atoms with Gasteiger partial charge >= 0.3 is 0 Å². The van der Waals surface area contributed by atoms with Crippen LogP contribution in [0.1, 0.15) is 32.3 Å². The molecule has 0 radical (unpaired) electrons. The molecule has 106 valence electrons. The molecule has 5 heteroatoms. The predicted molar refractivity (Wildman–Crippen MR) is 75.3 cm³/mol. The van der Waals surface area contributed by atoms with Crippen LogP contribution in [0, 0.1) is 5.41 Å². The second-order valence-corrected chi connectivity index (χ2v) is 6.67. The number of isocyanates is 1. The van der Waals surface area contributed by atoms with Crippen LogP contribution < -0.4 is 9.47 Å². The third-order valence-electron chi connectivity index (χ3n) is 3.76. The van der Waals surface area contributed by atoms with Crippen LogP contribution in [0.5, 0.6) is 11.5 Å². The van der Waals surface area contributed by atoms with Crippen molar-refractivity contribution in [3.05, 3.63) is 22.7 Å². The monoisotopic (exact) mass is 293 g/mol. The van der Waals surface area contributed by atoms with E-state index in [-0.39, 0.29) is 5.41 Å². The van der Waals surface area contributed by atoms with Crippen molar-refractivity contribution in [3.63, 3.8) is 0 Å². The number of carbonyl (C=O) groups excluding carboxylic acids is 1. The molecule has 0 atom stereocenters. The first-order chi connectivity index (χ1) is 9.46. The molecule has 20 heavy (non-hydrogen) atoms. The van der Waals surface area contributed by atoms with E-state index in [4.69, 9.17) is 21.1 Å². The molecule has 4 nitrogen and oxygen atoms in total. The lowest BCUT2D eigenvalue weighted by molar-refractivity contribution is 0.140. The summed E-state index contributed by atoms with van der Waals surface area (Å²) in [6, 6.07) is 3.70. The fourth-order valence-electron chi connectivity index (χ4n) is 2.34. The molecule has 1 aliphatic carbocycles. The van der Waals surface area contributed by atoms with Gasteiger partial charge < -0.3 is 9.47 Å². The lowest BCUT2D eigenvalue weighted by Gasteiger charge is -2.19. The first-order valence-electron chi connectivity index (χ1n) is 6.64. The van der Waals surface area contributed by atoms with Gasteiger partial charge in [-0.15, -0.1) is 0 Å². The van der Waals surface area contributed by atoms with E-state index >= 15 is 0 Å². The van der Waals surface area contributed by atoms with Crippen LogP contribution in [0.15, 0.2) is 17.1 Å². The van der Waals surface area contributed by atoms with Crippen LogP contribution in [-0.2, 0) is 10.3 Å². The van der Waals surface area contributed by atoms with E-state index in [0.29, 0.717) is 29.7 Å². The SMILES string of the molecule is CC1(C)COc2cc(C3(N=C=O)CC3)cc(Cl)c2OC1. The minimum absolute atomic E-state index is 0.0687. The Hall–Kier alpha value is -1.51. The zero-order valence-electron chi connectivity index (χ0n) is 11.5. The van der Waals surface area contributed by atoms with E-state index < -0.39 is 5.54 Å². The van der Waals surface area contributed by atoms with Crippen LogP contribution in [0.4, 0.5) is 0 Å². The number of nitrogens with zero attached hydrogens (tertiary/aromatic N) is 1. The summed E-state index contributed by atoms with van der Waals surface area (Å²) in [5.41, 5.74) is 0.375. The Balaban J connectivity index is 2.01. The second-order valence-electron chi connectivity index (χ2n) is 6.26. The van der Waals surface area contributed by atoms with Crippen molar-refractivity contribution >= 4 is 17.7 Å². The highest BCUT2D eigenvalue weighted by Gasteiger charge is 2.45. The molecule has 0 N–H and O–H groups in total. The summed E-state index contributed by atoms with van der Waals surface area (Å²) in [5, 5.41) is 0.502. The molecular formula is C15H16ClNO3. The zero-order valence-corrected chi connectivity index (χ0v) is 12.3. The number of rotatable bonds is 2. The molecule has 0 aromatic heterocycles. The maximum absolute atomic E-state index is 10.6. The average Bonchev–Trinajstić information content (AvgIpc) is 3.16. The van der Waals surface area contributed by atoms with Crippen LogP contribution in [-0.4, -0.2) is 19.3 Å². The van der Waals surface area contributed by atoms with Gasteiger partial charge in [-0.25, -0.2) is 4.79 Å². The Kier molecular flexibility index (Phi) is 3.03. The Labute approximate surface area is 122 Å². The van der Waals surface area contributed by atoms with E-state index in [1.54, 1.807) is 6.08 Å². The quantitative estimate of drug-likeness (QED) is 0.620. The van der Waals surface area contributed by atoms with Crippen molar-refractivity contribution < 1.29 is 14.3 Å². The minimum atomic E-state index is -0.453. The van der Waals surface area contributed by atoms with Gasteiger partial charge in [0, 0.05) is 5.41 Å².